The Morgan fingerprint density at radius 2 is 2.10 bits per heavy atom. The molecule has 3 heterocycles. The quantitative estimate of drug-likeness (QED) is 0.563. The van der Waals surface area contributed by atoms with Crippen molar-refractivity contribution in [1.82, 2.24) is 15.2 Å². The Bertz CT molecular complexity index is 1050. The number of nitrogens with zero attached hydrogens (tertiary/aromatic N) is 3. The highest BCUT2D eigenvalue weighted by Gasteiger charge is 2.36. The van der Waals surface area contributed by atoms with Gasteiger partial charge in [0.05, 0.1) is 12.8 Å². The Hall–Kier alpha value is -3.39. The fraction of sp³-hybridized carbons (Fsp3) is 0.348. The lowest BCUT2D eigenvalue weighted by molar-refractivity contribution is -0.134. The lowest BCUT2D eigenvalue weighted by Gasteiger charge is -2.23. The van der Waals surface area contributed by atoms with Crippen molar-refractivity contribution in [2.45, 2.75) is 25.8 Å². The first kappa shape index (κ1) is 20.9. The molecule has 1 unspecified atom stereocenters. The van der Waals surface area contributed by atoms with Crippen LogP contribution in [0.25, 0.3) is 11.0 Å². The smallest absolute Gasteiger partial charge is 0.257 e. The molecule has 0 bridgehead atoms. The van der Waals surface area contributed by atoms with E-state index in [2.05, 4.69) is 10.4 Å². The summed E-state index contributed by atoms with van der Waals surface area (Å²) in [5.41, 5.74) is 1.51. The first-order valence-electron chi connectivity index (χ1n) is 10.4. The molecule has 0 saturated carbocycles. The van der Waals surface area contributed by atoms with Crippen LogP contribution in [-0.4, -0.2) is 54.1 Å². The van der Waals surface area contributed by atoms with Crippen molar-refractivity contribution < 1.29 is 18.4 Å². The Morgan fingerprint density at radius 3 is 2.84 bits per heavy atom. The molecule has 0 radical (unpaired) electrons. The van der Waals surface area contributed by atoms with E-state index >= 15 is 0 Å². The predicted octanol–water partition coefficient (Wildman–Crippen LogP) is 3.16. The number of benzene rings is 1. The van der Waals surface area contributed by atoms with Crippen molar-refractivity contribution >= 4 is 28.5 Å². The van der Waals surface area contributed by atoms with Gasteiger partial charge in [-0.25, -0.2) is 5.01 Å². The maximum absolute atomic E-state index is 13.1. The van der Waals surface area contributed by atoms with E-state index in [4.69, 9.17) is 8.83 Å². The summed E-state index contributed by atoms with van der Waals surface area (Å²) in [7, 11) is 1.88. The molecule has 1 atom stereocenters. The predicted molar refractivity (Wildman–Crippen MR) is 116 cm³/mol. The molecule has 2 amide bonds. The second kappa shape index (κ2) is 9.18. The van der Waals surface area contributed by atoms with Gasteiger partial charge in [0.2, 0.25) is 5.91 Å². The van der Waals surface area contributed by atoms with Crippen LogP contribution in [-0.2, 0) is 9.59 Å². The van der Waals surface area contributed by atoms with E-state index < -0.39 is 0 Å². The van der Waals surface area contributed by atoms with Crippen LogP contribution in [0.2, 0.25) is 0 Å². The molecular weight excluding hydrogens is 396 g/mol. The summed E-state index contributed by atoms with van der Waals surface area (Å²) in [4.78, 5) is 26.0. The van der Waals surface area contributed by atoms with Gasteiger partial charge in [0, 0.05) is 31.8 Å². The standard InChI is InChI=1S/C23H26N4O4/c1-16(28)24-10-6-11-26(2)15-23(29)27-19(21-9-5-12-30-21)14-18(25-27)22-13-17-7-3-4-8-20(17)31-22/h3-5,7-9,12-13,19H,6,10-11,14-15H2,1-2H3,(H,24,28). The highest BCUT2D eigenvalue weighted by molar-refractivity contribution is 6.03. The number of nitrogens with one attached hydrogen (secondary N) is 1. The van der Waals surface area contributed by atoms with Crippen LogP contribution in [0.4, 0.5) is 0 Å². The first-order valence-corrected chi connectivity index (χ1v) is 10.4. The molecule has 1 aromatic carbocycles. The highest BCUT2D eigenvalue weighted by Crippen LogP contribution is 2.34. The van der Waals surface area contributed by atoms with E-state index in [1.807, 2.05) is 54.4 Å². The van der Waals surface area contributed by atoms with Crippen molar-refractivity contribution in [3.05, 3.63) is 60.2 Å². The molecule has 1 aliphatic rings. The van der Waals surface area contributed by atoms with Gasteiger partial charge in [0.1, 0.15) is 23.1 Å². The van der Waals surface area contributed by atoms with E-state index in [-0.39, 0.29) is 24.4 Å². The molecule has 0 saturated heterocycles. The molecule has 162 valence electrons. The molecule has 0 fully saturated rings. The second-order valence-corrected chi connectivity index (χ2v) is 7.74. The van der Waals surface area contributed by atoms with Crippen molar-refractivity contribution in [3.8, 4) is 0 Å². The highest BCUT2D eigenvalue weighted by atomic mass is 16.3. The van der Waals surface area contributed by atoms with Crippen LogP contribution >= 0.6 is 0 Å². The minimum absolute atomic E-state index is 0.0514. The summed E-state index contributed by atoms with van der Waals surface area (Å²) in [5.74, 6) is 1.19. The number of fused-ring (bicyclic) bond motifs is 1. The number of likely N-dealkylation sites (N-methyl/N-ethyl adjacent to an activating group) is 1. The van der Waals surface area contributed by atoms with Crippen LogP contribution in [0.3, 0.4) is 0 Å². The number of para-hydroxylation sites is 1. The first-order chi connectivity index (χ1) is 15.0. The fourth-order valence-electron chi connectivity index (χ4n) is 3.71. The number of furan rings is 2. The molecule has 8 heteroatoms. The maximum atomic E-state index is 13.1. The molecule has 1 aliphatic heterocycles. The van der Waals surface area contributed by atoms with Crippen LogP contribution in [0, 0.1) is 0 Å². The Labute approximate surface area is 180 Å². The molecular formula is C23H26N4O4. The van der Waals surface area contributed by atoms with Crippen LogP contribution in [0.15, 0.2) is 62.7 Å². The van der Waals surface area contributed by atoms with Gasteiger partial charge < -0.3 is 14.2 Å². The summed E-state index contributed by atoms with van der Waals surface area (Å²) in [6.45, 7) is 2.98. The van der Waals surface area contributed by atoms with Gasteiger partial charge in [-0.3, -0.25) is 14.5 Å². The zero-order valence-corrected chi connectivity index (χ0v) is 17.7. The zero-order chi connectivity index (χ0) is 21.8. The normalized spacial score (nSPS) is 16.2. The number of carbonyl (C=O) groups is 2. The number of hydrazone groups is 1. The van der Waals surface area contributed by atoms with Crippen molar-refractivity contribution in [1.29, 1.82) is 0 Å². The lowest BCUT2D eigenvalue weighted by atomic mass is 10.1. The molecule has 0 spiro atoms. The van der Waals surface area contributed by atoms with Gasteiger partial charge in [0.15, 0.2) is 5.76 Å². The largest absolute Gasteiger partial charge is 0.467 e. The van der Waals surface area contributed by atoms with Gasteiger partial charge in [-0.2, -0.15) is 5.10 Å². The third kappa shape index (κ3) is 4.86. The zero-order valence-electron chi connectivity index (χ0n) is 17.7. The van der Waals surface area contributed by atoms with Gasteiger partial charge in [0.25, 0.3) is 5.91 Å². The summed E-state index contributed by atoms with van der Waals surface area (Å²) >= 11 is 0. The summed E-state index contributed by atoms with van der Waals surface area (Å²) in [6, 6.07) is 13.1. The second-order valence-electron chi connectivity index (χ2n) is 7.74. The number of amides is 2. The maximum Gasteiger partial charge on any atom is 0.257 e. The molecule has 3 aromatic rings. The molecule has 0 aliphatic carbocycles. The molecule has 8 nitrogen and oxygen atoms in total. The van der Waals surface area contributed by atoms with Gasteiger partial charge in [-0.15, -0.1) is 0 Å². The van der Waals surface area contributed by atoms with E-state index in [0.717, 1.165) is 23.1 Å². The summed E-state index contributed by atoms with van der Waals surface area (Å²) in [5, 5.41) is 9.89. The summed E-state index contributed by atoms with van der Waals surface area (Å²) in [6.07, 6.45) is 2.88. The molecule has 1 N–H and O–H groups in total. The summed E-state index contributed by atoms with van der Waals surface area (Å²) < 4.78 is 11.6. The minimum Gasteiger partial charge on any atom is -0.467 e. The number of carbonyl (C=O) groups excluding carboxylic acids is 2. The van der Waals surface area contributed by atoms with Gasteiger partial charge in [-0.05, 0) is 37.7 Å². The monoisotopic (exact) mass is 422 g/mol. The molecule has 31 heavy (non-hydrogen) atoms. The minimum atomic E-state index is -0.307. The Balaban J connectivity index is 1.48. The van der Waals surface area contributed by atoms with Crippen molar-refractivity contribution in [2.75, 3.05) is 26.7 Å². The van der Waals surface area contributed by atoms with Gasteiger partial charge in [-0.1, -0.05) is 18.2 Å². The number of hydrogen-bond acceptors (Lipinski definition) is 6. The average molecular weight is 422 g/mol. The number of rotatable bonds is 8. The Kier molecular flexibility index (Phi) is 6.18. The third-order valence-electron chi connectivity index (χ3n) is 5.24. The topological polar surface area (TPSA) is 91.3 Å². The number of hydrogen-bond donors (Lipinski definition) is 1. The van der Waals surface area contributed by atoms with E-state index in [0.29, 0.717) is 31.0 Å². The Morgan fingerprint density at radius 1 is 1.26 bits per heavy atom. The van der Waals surface area contributed by atoms with Gasteiger partial charge >= 0.3 is 0 Å². The third-order valence-corrected chi connectivity index (χ3v) is 5.24. The van der Waals surface area contributed by atoms with E-state index in [1.165, 1.54) is 11.9 Å². The average Bonchev–Trinajstić information content (AvgIpc) is 3.49. The van der Waals surface area contributed by atoms with E-state index in [9.17, 15) is 9.59 Å². The van der Waals surface area contributed by atoms with Crippen LogP contribution in [0.1, 0.15) is 37.3 Å². The fourth-order valence-corrected chi connectivity index (χ4v) is 3.71. The van der Waals surface area contributed by atoms with Crippen LogP contribution in [0.5, 0.6) is 0 Å². The molecule has 2 aromatic heterocycles. The SMILES string of the molecule is CC(=O)NCCCN(C)CC(=O)N1N=C(c2cc3ccccc3o2)CC1c1ccco1. The molecule has 4 rings (SSSR count). The van der Waals surface area contributed by atoms with E-state index in [1.54, 1.807) is 6.26 Å². The van der Waals surface area contributed by atoms with Crippen molar-refractivity contribution in [2.24, 2.45) is 5.10 Å². The lowest BCUT2D eigenvalue weighted by Crippen LogP contribution is -2.37. The van der Waals surface area contributed by atoms with Crippen molar-refractivity contribution in [3.63, 3.8) is 0 Å². The van der Waals surface area contributed by atoms with Crippen LogP contribution < -0.4 is 5.32 Å².